The Morgan fingerprint density at radius 2 is 1.95 bits per heavy atom. The van der Waals surface area contributed by atoms with Crippen LogP contribution in [0.3, 0.4) is 0 Å². The molecule has 0 aliphatic carbocycles. The summed E-state index contributed by atoms with van der Waals surface area (Å²) in [5.41, 5.74) is 0.788. The molecule has 1 aromatic heterocycles. The fourth-order valence-electron chi connectivity index (χ4n) is 1.64. The summed E-state index contributed by atoms with van der Waals surface area (Å²) < 4.78 is 5.54. The molecule has 104 valence electrons. The SMILES string of the molecule is CC(C)Oc1ccc(Nc2cc([N+](=O)[O-])ccn2)cc1. The molecule has 0 radical (unpaired) electrons. The number of benzene rings is 1. The van der Waals surface area contributed by atoms with Crippen LogP contribution in [0, 0.1) is 10.1 Å². The quantitative estimate of drug-likeness (QED) is 0.666. The number of rotatable bonds is 5. The maximum absolute atomic E-state index is 10.7. The molecule has 0 atom stereocenters. The van der Waals surface area contributed by atoms with E-state index in [9.17, 15) is 10.1 Å². The second-order valence-electron chi connectivity index (χ2n) is 4.47. The van der Waals surface area contributed by atoms with Crippen LogP contribution in [-0.4, -0.2) is 16.0 Å². The number of hydrogen-bond acceptors (Lipinski definition) is 5. The van der Waals surface area contributed by atoms with Crippen molar-refractivity contribution in [1.29, 1.82) is 0 Å². The molecule has 0 fully saturated rings. The summed E-state index contributed by atoms with van der Waals surface area (Å²) >= 11 is 0. The van der Waals surface area contributed by atoms with Crippen LogP contribution in [0.5, 0.6) is 5.75 Å². The van der Waals surface area contributed by atoms with E-state index in [0.29, 0.717) is 5.82 Å². The van der Waals surface area contributed by atoms with Crippen molar-refractivity contribution in [3.63, 3.8) is 0 Å². The lowest BCUT2D eigenvalue weighted by molar-refractivity contribution is -0.384. The Hall–Kier alpha value is -2.63. The van der Waals surface area contributed by atoms with Crippen LogP contribution in [0.15, 0.2) is 42.6 Å². The van der Waals surface area contributed by atoms with Crippen LogP contribution in [-0.2, 0) is 0 Å². The van der Waals surface area contributed by atoms with Crippen molar-refractivity contribution in [3.8, 4) is 5.75 Å². The molecule has 1 N–H and O–H groups in total. The second-order valence-corrected chi connectivity index (χ2v) is 4.47. The van der Waals surface area contributed by atoms with Crippen molar-refractivity contribution in [2.45, 2.75) is 20.0 Å². The lowest BCUT2D eigenvalue weighted by Crippen LogP contribution is -2.05. The normalized spacial score (nSPS) is 10.3. The summed E-state index contributed by atoms with van der Waals surface area (Å²) in [6, 6.07) is 10.1. The van der Waals surface area contributed by atoms with Crippen molar-refractivity contribution >= 4 is 17.2 Å². The number of ether oxygens (including phenoxy) is 1. The zero-order valence-electron chi connectivity index (χ0n) is 11.2. The number of nitrogens with zero attached hydrogens (tertiary/aromatic N) is 2. The highest BCUT2D eigenvalue weighted by Crippen LogP contribution is 2.21. The van der Waals surface area contributed by atoms with Crippen LogP contribution in [0.25, 0.3) is 0 Å². The highest BCUT2D eigenvalue weighted by molar-refractivity contribution is 5.59. The molecule has 0 spiro atoms. The molecular weight excluding hydrogens is 258 g/mol. The zero-order valence-corrected chi connectivity index (χ0v) is 11.2. The van der Waals surface area contributed by atoms with Crippen LogP contribution < -0.4 is 10.1 Å². The standard InChI is InChI=1S/C14H15N3O3/c1-10(2)20-13-5-3-11(4-6-13)16-14-9-12(17(18)19)7-8-15-14/h3-10H,1-2H3,(H,15,16). The van der Waals surface area contributed by atoms with Gasteiger partial charge in [-0.2, -0.15) is 0 Å². The van der Waals surface area contributed by atoms with E-state index in [2.05, 4.69) is 10.3 Å². The largest absolute Gasteiger partial charge is 0.491 e. The third kappa shape index (κ3) is 3.68. The van der Waals surface area contributed by atoms with Crippen molar-refractivity contribution in [2.75, 3.05) is 5.32 Å². The molecule has 0 saturated carbocycles. The van der Waals surface area contributed by atoms with Gasteiger partial charge in [-0.05, 0) is 38.1 Å². The van der Waals surface area contributed by atoms with Gasteiger partial charge >= 0.3 is 0 Å². The van der Waals surface area contributed by atoms with Crippen molar-refractivity contribution < 1.29 is 9.66 Å². The molecule has 2 rings (SSSR count). The van der Waals surface area contributed by atoms with Gasteiger partial charge in [0.25, 0.3) is 5.69 Å². The Bertz CT molecular complexity index is 597. The Morgan fingerprint density at radius 1 is 1.25 bits per heavy atom. The highest BCUT2D eigenvalue weighted by atomic mass is 16.6. The minimum atomic E-state index is -0.452. The molecule has 6 heteroatoms. The van der Waals surface area contributed by atoms with Crippen LogP contribution in [0.4, 0.5) is 17.2 Å². The molecule has 0 aliphatic rings. The predicted octanol–water partition coefficient (Wildman–Crippen LogP) is 3.52. The maximum atomic E-state index is 10.7. The van der Waals surface area contributed by atoms with Gasteiger partial charge in [-0.15, -0.1) is 0 Å². The molecule has 6 nitrogen and oxygen atoms in total. The molecule has 1 heterocycles. The summed E-state index contributed by atoms with van der Waals surface area (Å²) in [5, 5.41) is 13.7. The lowest BCUT2D eigenvalue weighted by Gasteiger charge is -2.10. The molecule has 0 saturated heterocycles. The minimum Gasteiger partial charge on any atom is -0.491 e. The number of aromatic nitrogens is 1. The van der Waals surface area contributed by atoms with Gasteiger partial charge in [0, 0.05) is 18.0 Å². The predicted molar refractivity (Wildman–Crippen MR) is 76.4 cm³/mol. The van der Waals surface area contributed by atoms with E-state index in [4.69, 9.17) is 4.74 Å². The molecule has 0 unspecified atom stereocenters. The van der Waals surface area contributed by atoms with Crippen LogP contribution in [0.1, 0.15) is 13.8 Å². The molecular formula is C14H15N3O3. The average molecular weight is 273 g/mol. The van der Waals surface area contributed by atoms with Gasteiger partial charge in [0.05, 0.1) is 17.1 Å². The Balaban J connectivity index is 2.10. The number of nitro groups is 1. The van der Waals surface area contributed by atoms with E-state index in [1.165, 1.54) is 18.3 Å². The summed E-state index contributed by atoms with van der Waals surface area (Å²) in [6.07, 6.45) is 1.52. The number of pyridine rings is 1. The van der Waals surface area contributed by atoms with Gasteiger partial charge in [0.1, 0.15) is 11.6 Å². The van der Waals surface area contributed by atoms with Crippen LogP contribution in [0.2, 0.25) is 0 Å². The topological polar surface area (TPSA) is 77.3 Å². The molecule has 0 amide bonds. The monoisotopic (exact) mass is 273 g/mol. The summed E-state index contributed by atoms with van der Waals surface area (Å²) in [7, 11) is 0. The first-order valence-corrected chi connectivity index (χ1v) is 6.19. The van der Waals surface area contributed by atoms with Crippen molar-refractivity contribution in [2.24, 2.45) is 0 Å². The third-order valence-electron chi connectivity index (χ3n) is 2.45. The molecule has 20 heavy (non-hydrogen) atoms. The van der Waals surface area contributed by atoms with Crippen molar-refractivity contribution in [3.05, 3.63) is 52.7 Å². The maximum Gasteiger partial charge on any atom is 0.274 e. The fraction of sp³-hybridized carbons (Fsp3) is 0.214. The Kier molecular flexibility index (Phi) is 4.14. The van der Waals surface area contributed by atoms with Gasteiger partial charge < -0.3 is 10.1 Å². The van der Waals surface area contributed by atoms with Gasteiger partial charge in [-0.3, -0.25) is 10.1 Å². The molecule has 0 aliphatic heterocycles. The smallest absolute Gasteiger partial charge is 0.274 e. The van der Waals surface area contributed by atoms with Crippen LogP contribution >= 0.6 is 0 Å². The van der Waals surface area contributed by atoms with E-state index in [-0.39, 0.29) is 11.8 Å². The van der Waals surface area contributed by atoms with E-state index in [1.807, 2.05) is 38.1 Å². The van der Waals surface area contributed by atoms with Gasteiger partial charge in [-0.1, -0.05) is 0 Å². The Labute approximate surface area is 116 Å². The number of anilines is 2. The second kappa shape index (κ2) is 6.01. The van der Waals surface area contributed by atoms with Gasteiger partial charge in [-0.25, -0.2) is 4.98 Å². The number of nitrogens with one attached hydrogen (secondary N) is 1. The highest BCUT2D eigenvalue weighted by Gasteiger charge is 2.07. The van der Waals surface area contributed by atoms with E-state index in [1.54, 1.807) is 0 Å². The first kappa shape index (κ1) is 13.8. The van der Waals surface area contributed by atoms with E-state index < -0.39 is 4.92 Å². The third-order valence-corrected chi connectivity index (χ3v) is 2.45. The summed E-state index contributed by atoms with van der Waals surface area (Å²) in [5.74, 6) is 1.20. The average Bonchev–Trinajstić information content (AvgIpc) is 2.41. The minimum absolute atomic E-state index is 0.00209. The van der Waals surface area contributed by atoms with Crippen molar-refractivity contribution in [1.82, 2.24) is 4.98 Å². The summed E-state index contributed by atoms with van der Waals surface area (Å²) in [6.45, 7) is 3.92. The molecule has 2 aromatic rings. The lowest BCUT2D eigenvalue weighted by atomic mass is 10.3. The van der Waals surface area contributed by atoms with Gasteiger partial charge in [0.2, 0.25) is 0 Å². The van der Waals surface area contributed by atoms with Gasteiger partial charge in [0.15, 0.2) is 0 Å². The zero-order chi connectivity index (χ0) is 14.5. The summed E-state index contributed by atoms with van der Waals surface area (Å²) in [4.78, 5) is 14.3. The Morgan fingerprint density at radius 3 is 2.55 bits per heavy atom. The molecule has 0 bridgehead atoms. The first-order valence-electron chi connectivity index (χ1n) is 6.19. The van der Waals surface area contributed by atoms with E-state index >= 15 is 0 Å². The van der Waals surface area contributed by atoms with E-state index in [0.717, 1.165) is 11.4 Å². The number of hydrogen-bond donors (Lipinski definition) is 1. The first-order chi connectivity index (χ1) is 9.54. The fourth-order valence-corrected chi connectivity index (χ4v) is 1.64. The molecule has 1 aromatic carbocycles.